The molecule has 0 amide bonds. The van der Waals surface area contributed by atoms with Gasteiger partial charge in [-0.2, -0.15) is 0 Å². The molecule has 2 heterocycles. The summed E-state index contributed by atoms with van der Waals surface area (Å²) in [6.45, 7) is 16.0. The van der Waals surface area contributed by atoms with Crippen LogP contribution in [0.2, 0.25) is 0 Å². The number of hydrogen-bond donors (Lipinski definition) is 1. The van der Waals surface area contributed by atoms with Crippen LogP contribution in [-0.2, 0) is 11.3 Å². The van der Waals surface area contributed by atoms with Crippen LogP contribution in [0.1, 0.15) is 45.9 Å². The molecule has 1 aliphatic rings. The van der Waals surface area contributed by atoms with Crippen LogP contribution in [0.15, 0.2) is 6.20 Å². The van der Waals surface area contributed by atoms with Crippen molar-refractivity contribution in [1.29, 1.82) is 0 Å². The van der Waals surface area contributed by atoms with Crippen molar-refractivity contribution >= 4 is 5.95 Å². The summed E-state index contributed by atoms with van der Waals surface area (Å²) in [5.41, 5.74) is 1.82. The summed E-state index contributed by atoms with van der Waals surface area (Å²) in [5.74, 6) is 0.803. The van der Waals surface area contributed by atoms with Crippen LogP contribution >= 0.6 is 0 Å². The van der Waals surface area contributed by atoms with Gasteiger partial charge in [0.05, 0.1) is 11.2 Å². The zero-order valence-corrected chi connectivity index (χ0v) is 14.2. The minimum absolute atomic E-state index is 0.193. The fourth-order valence-corrected chi connectivity index (χ4v) is 2.99. The second kappa shape index (κ2) is 5.89. The van der Waals surface area contributed by atoms with Gasteiger partial charge in [0.15, 0.2) is 0 Å². The van der Waals surface area contributed by atoms with Gasteiger partial charge >= 0.3 is 0 Å². The third-order valence-corrected chi connectivity index (χ3v) is 3.61. The standard InChI is InChI=1S/C16H28N4O/c1-7-17-8-13-9-18-14(19-12(13)2)20-10-15(3,4)21-16(5,6)11-20/h9,17H,7-8,10-11H2,1-6H3. The second-order valence-corrected chi connectivity index (χ2v) is 7.04. The third-order valence-electron chi connectivity index (χ3n) is 3.61. The average Bonchev–Trinajstić information content (AvgIpc) is 2.33. The van der Waals surface area contributed by atoms with Gasteiger partial charge in [-0.05, 0) is 41.2 Å². The summed E-state index contributed by atoms with van der Waals surface area (Å²) in [4.78, 5) is 11.5. The highest BCUT2D eigenvalue weighted by Gasteiger charge is 2.39. The number of nitrogens with zero attached hydrogens (tertiary/aromatic N) is 3. The highest BCUT2D eigenvalue weighted by atomic mass is 16.5. The van der Waals surface area contributed by atoms with E-state index in [0.29, 0.717) is 0 Å². The lowest BCUT2D eigenvalue weighted by molar-refractivity contribution is -0.133. The summed E-state index contributed by atoms with van der Waals surface area (Å²) < 4.78 is 6.11. The summed E-state index contributed by atoms with van der Waals surface area (Å²) >= 11 is 0. The summed E-state index contributed by atoms with van der Waals surface area (Å²) in [6.07, 6.45) is 1.94. The van der Waals surface area contributed by atoms with Crippen LogP contribution in [0, 0.1) is 6.92 Å². The monoisotopic (exact) mass is 292 g/mol. The molecule has 1 fully saturated rings. The van der Waals surface area contributed by atoms with Crippen LogP contribution in [0.5, 0.6) is 0 Å². The van der Waals surface area contributed by atoms with Crippen LogP contribution in [0.4, 0.5) is 5.95 Å². The van der Waals surface area contributed by atoms with Gasteiger partial charge < -0.3 is 15.0 Å². The van der Waals surface area contributed by atoms with Gasteiger partial charge in [0.2, 0.25) is 5.95 Å². The normalized spacial score (nSPS) is 20.6. The van der Waals surface area contributed by atoms with Crippen LogP contribution < -0.4 is 10.2 Å². The highest BCUT2D eigenvalue weighted by Crippen LogP contribution is 2.30. The number of anilines is 1. The first-order chi connectivity index (χ1) is 9.72. The van der Waals surface area contributed by atoms with Crippen LogP contribution in [0.25, 0.3) is 0 Å². The summed E-state index contributed by atoms with van der Waals surface area (Å²) in [5, 5.41) is 3.32. The van der Waals surface area contributed by atoms with E-state index in [1.807, 2.05) is 6.20 Å². The molecule has 0 saturated carbocycles. The molecule has 1 aromatic rings. The number of nitrogens with one attached hydrogen (secondary N) is 1. The van der Waals surface area contributed by atoms with E-state index in [1.165, 1.54) is 0 Å². The maximum absolute atomic E-state index is 6.11. The molecular weight excluding hydrogens is 264 g/mol. The zero-order chi connectivity index (χ0) is 15.7. The van der Waals surface area contributed by atoms with Crippen molar-refractivity contribution in [3.63, 3.8) is 0 Å². The Morgan fingerprint density at radius 1 is 1.24 bits per heavy atom. The molecule has 21 heavy (non-hydrogen) atoms. The predicted octanol–water partition coefficient (Wildman–Crippen LogP) is 2.29. The number of aromatic nitrogens is 2. The van der Waals surface area contributed by atoms with Crippen LogP contribution in [0.3, 0.4) is 0 Å². The largest absolute Gasteiger partial charge is 0.366 e. The van der Waals surface area contributed by atoms with Crippen molar-refractivity contribution in [2.45, 2.75) is 59.3 Å². The molecule has 0 unspecified atom stereocenters. The Morgan fingerprint density at radius 2 is 1.86 bits per heavy atom. The molecule has 0 aliphatic carbocycles. The summed E-state index contributed by atoms with van der Waals surface area (Å²) in [7, 11) is 0. The average molecular weight is 292 g/mol. The molecule has 5 nitrogen and oxygen atoms in total. The Hall–Kier alpha value is -1.20. The van der Waals surface area contributed by atoms with E-state index in [9.17, 15) is 0 Å². The number of rotatable bonds is 4. The lowest BCUT2D eigenvalue weighted by atomic mass is 9.99. The molecule has 0 spiro atoms. The quantitative estimate of drug-likeness (QED) is 0.922. The van der Waals surface area contributed by atoms with Crippen molar-refractivity contribution in [3.05, 3.63) is 17.5 Å². The maximum atomic E-state index is 6.11. The van der Waals surface area contributed by atoms with Crippen molar-refractivity contribution in [2.24, 2.45) is 0 Å². The Balaban J connectivity index is 2.19. The molecule has 0 radical (unpaired) electrons. The van der Waals surface area contributed by atoms with Gasteiger partial charge in [0.25, 0.3) is 0 Å². The minimum atomic E-state index is -0.193. The molecule has 0 aromatic carbocycles. The van der Waals surface area contributed by atoms with Gasteiger partial charge in [0, 0.05) is 37.1 Å². The SMILES string of the molecule is CCNCc1cnc(N2CC(C)(C)OC(C)(C)C2)nc1C. The Bertz CT molecular complexity index is 483. The Morgan fingerprint density at radius 3 is 2.38 bits per heavy atom. The molecule has 118 valence electrons. The smallest absolute Gasteiger partial charge is 0.225 e. The Labute approximate surface area is 128 Å². The zero-order valence-electron chi connectivity index (χ0n) is 14.2. The minimum Gasteiger partial charge on any atom is -0.366 e. The molecule has 2 rings (SSSR count). The van der Waals surface area contributed by atoms with Crippen LogP contribution in [-0.4, -0.2) is 40.8 Å². The van der Waals surface area contributed by atoms with Crippen molar-refractivity contribution < 1.29 is 4.74 Å². The van der Waals surface area contributed by atoms with E-state index >= 15 is 0 Å². The van der Waals surface area contributed by atoms with Crippen molar-refractivity contribution in [3.8, 4) is 0 Å². The van der Waals surface area contributed by atoms with Gasteiger partial charge in [-0.25, -0.2) is 9.97 Å². The molecule has 1 aliphatic heterocycles. The molecular formula is C16H28N4O. The second-order valence-electron chi connectivity index (χ2n) is 7.04. The summed E-state index contributed by atoms with van der Waals surface area (Å²) in [6, 6.07) is 0. The first kappa shape index (κ1) is 16.2. The lowest BCUT2D eigenvalue weighted by Crippen LogP contribution is -2.57. The number of ether oxygens (including phenoxy) is 1. The Kier molecular flexibility index (Phi) is 4.54. The van der Waals surface area contributed by atoms with E-state index in [4.69, 9.17) is 9.72 Å². The van der Waals surface area contributed by atoms with Crippen molar-refractivity contribution in [1.82, 2.24) is 15.3 Å². The van der Waals surface area contributed by atoms with E-state index in [1.54, 1.807) is 0 Å². The third kappa shape index (κ3) is 4.14. The highest BCUT2D eigenvalue weighted by molar-refractivity contribution is 5.35. The number of hydrogen-bond acceptors (Lipinski definition) is 5. The number of aryl methyl sites for hydroxylation is 1. The van der Waals surface area contributed by atoms with Gasteiger partial charge in [-0.3, -0.25) is 0 Å². The van der Waals surface area contributed by atoms with Gasteiger partial charge in [-0.1, -0.05) is 6.92 Å². The van der Waals surface area contributed by atoms with E-state index < -0.39 is 0 Å². The first-order valence-corrected chi connectivity index (χ1v) is 7.71. The maximum Gasteiger partial charge on any atom is 0.225 e. The fourth-order valence-electron chi connectivity index (χ4n) is 2.99. The molecule has 5 heteroatoms. The molecule has 1 aromatic heterocycles. The molecule has 1 N–H and O–H groups in total. The predicted molar refractivity (Wildman–Crippen MR) is 85.6 cm³/mol. The van der Waals surface area contributed by atoms with Crippen molar-refractivity contribution in [2.75, 3.05) is 24.5 Å². The molecule has 0 bridgehead atoms. The fraction of sp³-hybridized carbons (Fsp3) is 0.750. The number of morpholine rings is 1. The van der Waals surface area contributed by atoms with E-state index in [-0.39, 0.29) is 11.2 Å². The topological polar surface area (TPSA) is 50.3 Å². The molecule has 1 saturated heterocycles. The van der Waals surface area contributed by atoms with E-state index in [0.717, 1.165) is 43.4 Å². The van der Waals surface area contributed by atoms with Gasteiger partial charge in [-0.15, -0.1) is 0 Å². The van der Waals surface area contributed by atoms with Gasteiger partial charge in [0.1, 0.15) is 0 Å². The van der Waals surface area contributed by atoms with E-state index in [2.05, 4.69) is 56.7 Å². The molecule has 0 atom stereocenters. The lowest BCUT2D eigenvalue weighted by Gasteiger charge is -2.47. The first-order valence-electron chi connectivity index (χ1n) is 7.71.